The standard InChI is InChI=1S/C18H18O/c1-19-18-10-7-14(8-11-18)12-15-6-9-16-4-2-3-5-17(16)13-15/h2-5,7-8,10-12H,6,9,13H2,1H3. The first-order valence-corrected chi connectivity index (χ1v) is 6.75. The quantitative estimate of drug-likeness (QED) is 0.773. The summed E-state index contributed by atoms with van der Waals surface area (Å²) in [6.45, 7) is 0. The van der Waals surface area contributed by atoms with Gasteiger partial charge in [0, 0.05) is 0 Å². The fourth-order valence-corrected chi connectivity index (χ4v) is 2.66. The number of allylic oxidation sites excluding steroid dienone is 1. The molecule has 0 amide bonds. The third-order valence-electron chi connectivity index (χ3n) is 3.74. The molecule has 19 heavy (non-hydrogen) atoms. The summed E-state index contributed by atoms with van der Waals surface area (Å²) in [5.74, 6) is 0.913. The fraction of sp³-hybridized carbons (Fsp3) is 0.222. The van der Waals surface area contributed by atoms with Crippen LogP contribution in [0.25, 0.3) is 6.08 Å². The Morgan fingerprint density at radius 1 is 0.895 bits per heavy atom. The van der Waals surface area contributed by atoms with Crippen molar-refractivity contribution in [1.82, 2.24) is 0 Å². The molecule has 1 aliphatic rings. The summed E-state index contributed by atoms with van der Waals surface area (Å²) in [6.07, 6.45) is 5.73. The summed E-state index contributed by atoms with van der Waals surface area (Å²) in [4.78, 5) is 0. The molecule has 0 saturated heterocycles. The van der Waals surface area contributed by atoms with Gasteiger partial charge in [-0.3, -0.25) is 0 Å². The van der Waals surface area contributed by atoms with Crippen molar-refractivity contribution in [2.75, 3.05) is 7.11 Å². The fourth-order valence-electron chi connectivity index (χ4n) is 2.66. The van der Waals surface area contributed by atoms with E-state index in [9.17, 15) is 0 Å². The Labute approximate surface area is 114 Å². The molecule has 0 radical (unpaired) electrons. The van der Waals surface area contributed by atoms with E-state index >= 15 is 0 Å². The largest absolute Gasteiger partial charge is 0.497 e. The van der Waals surface area contributed by atoms with Gasteiger partial charge in [-0.15, -0.1) is 0 Å². The van der Waals surface area contributed by atoms with E-state index in [-0.39, 0.29) is 0 Å². The first-order chi connectivity index (χ1) is 9.35. The van der Waals surface area contributed by atoms with Gasteiger partial charge in [0.05, 0.1) is 7.11 Å². The molecule has 0 spiro atoms. The zero-order valence-electron chi connectivity index (χ0n) is 11.2. The number of rotatable bonds is 2. The highest BCUT2D eigenvalue weighted by molar-refractivity contribution is 5.56. The van der Waals surface area contributed by atoms with Gasteiger partial charge in [0.25, 0.3) is 0 Å². The zero-order valence-corrected chi connectivity index (χ0v) is 11.2. The van der Waals surface area contributed by atoms with Crippen molar-refractivity contribution in [3.05, 3.63) is 70.8 Å². The monoisotopic (exact) mass is 250 g/mol. The molecule has 0 fully saturated rings. The third-order valence-corrected chi connectivity index (χ3v) is 3.74. The lowest BCUT2D eigenvalue weighted by molar-refractivity contribution is 0.415. The molecule has 1 heteroatoms. The first kappa shape index (κ1) is 12.0. The average Bonchev–Trinajstić information content (AvgIpc) is 2.48. The van der Waals surface area contributed by atoms with Gasteiger partial charge in [-0.2, -0.15) is 0 Å². The van der Waals surface area contributed by atoms with E-state index in [0.29, 0.717) is 0 Å². The molecule has 0 unspecified atom stereocenters. The lowest BCUT2D eigenvalue weighted by Gasteiger charge is -2.18. The van der Waals surface area contributed by atoms with Crippen molar-refractivity contribution >= 4 is 6.08 Å². The minimum absolute atomic E-state index is 0.913. The summed E-state index contributed by atoms with van der Waals surface area (Å²) >= 11 is 0. The predicted molar refractivity (Wildman–Crippen MR) is 79.4 cm³/mol. The van der Waals surface area contributed by atoms with Crippen molar-refractivity contribution in [2.24, 2.45) is 0 Å². The molecule has 0 bridgehead atoms. The van der Waals surface area contributed by atoms with Gasteiger partial charge >= 0.3 is 0 Å². The lowest BCUT2D eigenvalue weighted by atomic mass is 9.87. The van der Waals surface area contributed by atoms with Crippen LogP contribution in [-0.2, 0) is 12.8 Å². The lowest BCUT2D eigenvalue weighted by Crippen LogP contribution is -2.04. The van der Waals surface area contributed by atoms with Gasteiger partial charge in [-0.05, 0) is 48.1 Å². The molecule has 0 N–H and O–H groups in total. The molecule has 0 saturated carbocycles. The molecule has 2 aromatic rings. The summed E-state index contributed by atoms with van der Waals surface area (Å²) in [5, 5.41) is 0. The SMILES string of the molecule is COc1ccc(C=C2CCc3ccccc3C2)cc1. The number of methoxy groups -OCH3 is 1. The Balaban J connectivity index is 1.81. The summed E-state index contributed by atoms with van der Waals surface area (Å²) in [5.41, 5.74) is 5.77. The smallest absolute Gasteiger partial charge is 0.118 e. The normalized spacial score (nSPS) is 16.2. The highest BCUT2D eigenvalue weighted by Gasteiger charge is 2.11. The van der Waals surface area contributed by atoms with Crippen molar-refractivity contribution in [1.29, 1.82) is 0 Å². The van der Waals surface area contributed by atoms with Gasteiger partial charge in [0.2, 0.25) is 0 Å². The van der Waals surface area contributed by atoms with E-state index < -0.39 is 0 Å². The van der Waals surface area contributed by atoms with Crippen molar-refractivity contribution < 1.29 is 4.74 Å². The second kappa shape index (κ2) is 5.31. The van der Waals surface area contributed by atoms with E-state index in [1.165, 1.54) is 28.7 Å². The van der Waals surface area contributed by atoms with E-state index in [4.69, 9.17) is 4.74 Å². The number of hydrogen-bond acceptors (Lipinski definition) is 1. The molecule has 0 aliphatic heterocycles. The number of hydrogen-bond donors (Lipinski definition) is 0. The van der Waals surface area contributed by atoms with Gasteiger partial charge in [0.1, 0.15) is 5.75 Å². The van der Waals surface area contributed by atoms with Crippen LogP contribution >= 0.6 is 0 Å². The number of benzene rings is 2. The van der Waals surface area contributed by atoms with Crippen LogP contribution in [0.2, 0.25) is 0 Å². The van der Waals surface area contributed by atoms with E-state index in [1.807, 2.05) is 12.1 Å². The van der Waals surface area contributed by atoms with E-state index in [1.54, 1.807) is 7.11 Å². The third kappa shape index (κ3) is 2.70. The van der Waals surface area contributed by atoms with Gasteiger partial charge in [-0.25, -0.2) is 0 Å². The Hall–Kier alpha value is -2.02. The molecule has 3 rings (SSSR count). The summed E-state index contributed by atoms with van der Waals surface area (Å²) in [7, 11) is 1.70. The Kier molecular flexibility index (Phi) is 3.37. The average molecular weight is 250 g/mol. The van der Waals surface area contributed by atoms with Crippen molar-refractivity contribution in [3.63, 3.8) is 0 Å². The first-order valence-electron chi connectivity index (χ1n) is 6.75. The molecular weight excluding hydrogens is 232 g/mol. The van der Waals surface area contributed by atoms with Crippen molar-refractivity contribution in [3.8, 4) is 5.75 Å². The molecule has 1 nitrogen and oxygen atoms in total. The molecule has 0 heterocycles. The number of ether oxygens (including phenoxy) is 1. The maximum absolute atomic E-state index is 5.18. The number of fused-ring (bicyclic) bond motifs is 1. The summed E-state index contributed by atoms with van der Waals surface area (Å²) in [6, 6.07) is 17.0. The minimum Gasteiger partial charge on any atom is -0.497 e. The van der Waals surface area contributed by atoms with Gasteiger partial charge in [-0.1, -0.05) is 48.0 Å². The van der Waals surface area contributed by atoms with Crippen LogP contribution in [0.5, 0.6) is 5.75 Å². The van der Waals surface area contributed by atoms with Crippen LogP contribution in [0.1, 0.15) is 23.1 Å². The van der Waals surface area contributed by atoms with Gasteiger partial charge in [0.15, 0.2) is 0 Å². The predicted octanol–water partition coefficient (Wildman–Crippen LogP) is 4.27. The molecule has 1 aliphatic carbocycles. The topological polar surface area (TPSA) is 9.23 Å². The van der Waals surface area contributed by atoms with Crippen molar-refractivity contribution in [2.45, 2.75) is 19.3 Å². The second-order valence-electron chi connectivity index (χ2n) is 5.02. The van der Waals surface area contributed by atoms with Crippen LogP contribution < -0.4 is 4.74 Å². The zero-order chi connectivity index (χ0) is 13.1. The highest BCUT2D eigenvalue weighted by Crippen LogP contribution is 2.26. The molecule has 0 aromatic heterocycles. The van der Waals surface area contributed by atoms with Crippen LogP contribution in [0.3, 0.4) is 0 Å². The molecule has 96 valence electrons. The van der Waals surface area contributed by atoms with Crippen LogP contribution in [0, 0.1) is 0 Å². The van der Waals surface area contributed by atoms with Gasteiger partial charge < -0.3 is 4.74 Å². The van der Waals surface area contributed by atoms with E-state index in [0.717, 1.165) is 18.6 Å². The Bertz CT molecular complexity index is 593. The van der Waals surface area contributed by atoms with Crippen LogP contribution in [-0.4, -0.2) is 7.11 Å². The van der Waals surface area contributed by atoms with Crippen LogP contribution in [0.15, 0.2) is 54.1 Å². The molecular formula is C18H18O. The minimum atomic E-state index is 0.913. The molecule has 0 atom stereocenters. The maximum atomic E-state index is 5.18. The Morgan fingerprint density at radius 2 is 1.63 bits per heavy atom. The number of aryl methyl sites for hydroxylation is 1. The molecule has 2 aromatic carbocycles. The maximum Gasteiger partial charge on any atom is 0.118 e. The summed E-state index contributed by atoms with van der Waals surface area (Å²) < 4.78 is 5.18. The second-order valence-corrected chi connectivity index (χ2v) is 5.02. The van der Waals surface area contributed by atoms with E-state index in [2.05, 4.69) is 42.5 Å². The Morgan fingerprint density at radius 3 is 2.37 bits per heavy atom. The van der Waals surface area contributed by atoms with Crippen LogP contribution in [0.4, 0.5) is 0 Å². The highest BCUT2D eigenvalue weighted by atomic mass is 16.5.